The molecule has 2 aromatic rings. The van der Waals surface area contributed by atoms with Gasteiger partial charge < -0.3 is 10.4 Å². The number of carbonyl (C=O) groups is 1. The van der Waals surface area contributed by atoms with Crippen molar-refractivity contribution in [3.05, 3.63) is 53.8 Å². The lowest BCUT2D eigenvalue weighted by atomic mass is 9.95. The van der Waals surface area contributed by atoms with Gasteiger partial charge in [-0.1, -0.05) is 26.0 Å². The van der Waals surface area contributed by atoms with Crippen molar-refractivity contribution in [3.63, 3.8) is 0 Å². The Morgan fingerprint density at radius 3 is 2.29 bits per heavy atom. The van der Waals surface area contributed by atoms with Crippen LogP contribution in [0.25, 0.3) is 0 Å². The molecule has 0 heterocycles. The Labute approximate surface area is 164 Å². The number of hydrogen-bond acceptors (Lipinski definition) is 4. The zero-order chi connectivity index (χ0) is 20.5. The normalized spacial score (nSPS) is 15.4. The van der Waals surface area contributed by atoms with Crippen LogP contribution in [0.4, 0.5) is 10.1 Å². The number of halogens is 1. The summed E-state index contributed by atoms with van der Waals surface area (Å²) >= 11 is 0. The molecule has 2 aromatic carbocycles. The Morgan fingerprint density at radius 2 is 1.75 bits per heavy atom. The fraction of sp³-hybridized carbons (Fsp3) is 0.350. The van der Waals surface area contributed by atoms with Crippen LogP contribution in [0.1, 0.15) is 32.3 Å². The highest BCUT2D eigenvalue weighted by molar-refractivity contribution is 7.89. The number of hydrogen-bond donors (Lipinski definition) is 2. The van der Waals surface area contributed by atoms with Crippen LogP contribution in [0, 0.1) is 5.82 Å². The molecule has 0 radical (unpaired) electrons. The quantitative estimate of drug-likeness (QED) is 0.691. The SMILES string of the molecule is CCN(CC)S(=O)(=O)c1ccc(O)c(NC(=O)C2(c3ccc(F)cc3)CC2)c1. The summed E-state index contributed by atoms with van der Waals surface area (Å²) in [6.07, 6.45) is 1.20. The summed E-state index contributed by atoms with van der Waals surface area (Å²) in [5.41, 5.74) is -0.0575. The second-order valence-corrected chi connectivity index (χ2v) is 8.75. The number of nitrogens with zero attached hydrogens (tertiary/aromatic N) is 1. The van der Waals surface area contributed by atoms with E-state index < -0.39 is 15.4 Å². The van der Waals surface area contributed by atoms with Gasteiger partial charge in [-0.2, -0.15) is 4.31 Å². The van der Waals surface area contributed by atoms with E-state index in [1.165, 1.54) is 34.6 Å². The number of carbonyl (C=O) groups excluding carboxylic acids is 1. The maximum absolute atomic E-state index is 13.2. The summed E-state index contributed by atoms with van der Waals surface area (Å²) in [7, 11) is -3.72. The van der Waals surface area contributed by atoms with E-state index in [1.54, 1.807) is 26.0 Å². The van der Waals surface area contributed by atoms with Crippen molar-refractivity contribution in [1.82, 2.24) is 4.31 Å². The summed E-state index contributed by atoms with van der Waals surface area (Å²) < 4.78 is 39.9. The molecule has 1 fully saturated rings. The monoisotopic (exact) mass is 406 g/mol. The average Bonchev–Trinajstić information content (AvgIpc) is 3.46. The van der Waals surface area contributed by atoms with Crippen molar-refractivity contribution in [2.45, 2.75) is 37.0 Å². The zero-order valence-electron chi connectivity index (χ0n) is 15.8. The maximum atomic E-state index is 13.2. The Morgan fingerprint density at radius 1 is 1.14 bits per heavy atom. The molecule has 1 amide bonds. The summed E-state index contributed by atoms with van der Waals surface area (Å²) in [4.78, 5) is 12.9. The van der Waals surface area contributed by atoms with E-state index in [9.17, 15) is 22.7 Å². The van der Waals surface area contributed by atoms with E-state index in [0.29, 0.717) is 31.5 Å². The Kier molecular flexibility index (Phi) is 5.45. The van der Waals surface area contributed by atoms with Gasteiger partial charge in [-0.15, -0.1) is 0 Å². The number of sulfonamides is 1. The van der Waals surface area contributed by atoms with Crippen LogP contribution in [-0.4, -0.2) is 36.8 Å². The summed E-state index contributed by atoms with van der Waals surface area (Å²) in [6.45, 7) is 4.11. The maximum Gasteiger partial charge on any atom is 0.243 e. The standard InChI is InChI=1S/C20H23FN2O4S/c1-3-23(4-2)28(26,27)16-9-10-18(24)17(13-16)22-19(25)20(11-12-20)14-5-7-15(21)8-6-14/h5-10,13,24H,3-4,11-12H2,1-2H3,(H,22,25). The van der Waals surface area contributed by atoms with Crippen LogP contribution in [0.5, 0.6) is 5.75 Å². The van der Waals surface area contributed by atoms with Crippen LogP contribution in [0.2, 0.25) is 0 Å². The molecular weight excluding hydrogens is 383 g/mol. The van der Waals surface area contributed by atoms with Gasteiger partial charge in [0, 0.05) is 13.1 Å². The van der Waals surface area contributed by atoms with Gasteiger partial charge in [0.1, 0.15) is 11.6 Å². The summed E-state index contributed by atoms with van der Waals surface area (Å²) in [5.74, 6) is -0.958. The van der Waals surface area contributed by atoms with Crippen LogP contribution in [0.3, 0.4) is 0 Å². The van der Waals surface area contributed by atoms with Gasteiger partial charge in [0.15, 0.2) is 0 Å². The zero-order valence-corrected chi connectivity index (χ0v) is 16.6. The third-order valence-corrected chi connectivity index (χ3v) is 7.19. The number of rotatable bonds is 7. The van der Waals surface area contributed by atoms with Gasteiger partial charge in [0.05, 0.1) is 16.0 Å². The van der Waals surface area contributed by atoms with E-state index in [-0.39, 0.29) is 28.1 Å². The molecule has 0 unspecified atom stereocenters. The molecule has 0 saturated heterocycles. The minimum absolute atomic E-state index is 0.00377. The second-order valence-electron chi connectivity index (χ2n) is 6.81. The molecular formula is C20H23FN2O4S. The van der Waals surface area contributed by atoms with Gasteiger partial charge in [-0.05, 0) is 48.7 Å². The van der Waals surface area contributed by atoms with E-state index in [4.69, 9.17) is 0 Å². The molecule has 1 aliphatic carbocycles. The average molecular weight is 406 g/mol. The van der Waals surface area contributed by atoms with Crippen LogP contribution in [-0.2, 0) is 20.2 Å². The number of amides is 1. The van der Waals surface area contributed by atoms with Gasteiger partial charge in [0.2, 0.25) is 15.9 Å². The number of phenolic OH excluding ortho intramolecular Hbond substituents is 1. The van der Waals surface area contributed by atoms with Crippen molar-refractivity contribution in [2.24, 2.45) is 0 Å². The minimum Gasteiger partial charge on any atom is -0.506 e. The van der Waals surface area contributed by atoms with Gasteiger partial charge in [-0.3, -0.25) is 4.79 Å². The fourth-order valence-electron chi connectivity index (χ4n) is 3.27. The van der Waals surface area contributed by atoms with Crippen molar-refractivity contribution in [1.29, 1.82) is 0 Å². The lowest BCUT2D eigenvalue weighted by molar-refractivity contribution is -0.118. The molecule has 28 heavy (non-hydrogen) atoms. The van der Waals surface area contributed by atoms with Crippen molar-refractivity contribution in [3.8, 4) is 5.75 Å². The number of benzene rings is 2. The molecule has 0 bridgehead atoms. The Balaban J connectivity index is 1.89. The molecule has 1 aliphatic rings. The van der Waals surface area contributed by atoms with E-state index in [0.717, 1.165) is 0 Å². The van der Waals surface area contributed by atoms with Crippen molar-refractivity contribution >= 4 is 21.6 Å². The molecule has 8 heteroatoms. The molecule has 2 N–H and O–H groups in total. The van der Waals surface area contributed by atoms with E-state index in [1.807, 2.05) is 0 Å². The molecule has 0 spiro atoms. The number of aromatic hydroxyl groups is 1. The molecule has 0 aromatic heterocycles. The molecule has 0 aliphatic heterocycles. The molecule has 1 saturated carbocycles. The third-order valence-electron chi connectivity index (χ3n) is 5.14. The summed E-state index contributed by atoms with van der Waals surface area (Å²) in [5, 5.41) is 12.8. The first-order valence-corrected chi connectivity index (χ1v) is 10.6. The molecule has 150 valence electrons. The highest BCUT2D eigenvalue weighted by Gasteiger charge is 2.51. The third kappa shape index (κ3) is 3.62. The largest absolute Gasteiger partial charge is 0.506 e. The lowest BCUT2D eigenvalue weighted by Gasteiger charge is -2.20. The van der Waals surface area contributed by atoms with E-state index >= 15 is 0 Å². The topological polar surface area (TPSA) is 86.7 Å². The highest BCUT2D eigenvalue weighted by Crippen LogP contribution is 2.49. The number of phenols is 1. The first kappa shape index (κ1) is 20.3. The molecule has 3 rings (SSSR count). The predicted octanol–water partition coefficient (Wildman–Crippen LogP) is 3.23. The van der Waals surface area contributed by atoms with Crippen LogP contribution < -0.4 is 5.32 Å². The number of nitrogens with one attached hydrogen (secondary N) is 1. The fourth-order valence-corrected chi connectivity index (χ4v) is 4.76. The Bertz CT molecular complexity index is 982. The first-order valence-electron chi connectivity index (χ1n) is 9.15. The van der Waals surface area contributed by atoms with Crippen LogP contribution >= 0.6 is 0 Å². The van der Waals surface area contributed by atoms with E-state index in [2.05, 4.69) is 5.32 Å². The van der Waals surface area contributed by atoms with Crippen molar-refractivity contribution in [2.75, 3.05) is 18.4 Å². The van der Waals surface area contributed by atoms with Gasteiger partial charge in [0.25, 0.3) is 0 Å². The predicted molar refractivity (Wildman–Crippen MR) is 104 cm³/mol. The summed E-state index contributed by atoms with van der Waals surface area (Å²) in [6, 6.07) is 9.58. The Hall–Kier alpha value is -2.45. The first-order chi connectivity index (χ1) is 13.2. The highest BCUT2D eigenvalue weighted by atomic mass is 32.2. The lowest BCUT2D eigenvalue weighted by Crippen LogP contribution is -2.31. The van der Waals surface area contributed by atoms with Gasteiger partial charge in [-0.25, -0.2) is 12.8 Å². The van der Waals surface area contributed by atoms with Crippen molar-refractivity contribution < 1.29 is 22.7 Å². The minimum atomic E-state index is -3.72. The molecule has 0 atom stereocenters. The van der Waals surface area contributed by atoms with Crippen LogP contribution in [0.15, 0.2) is 47.4 Å². The molecule has 6 nitrogen and oxygen atoms in total. The smallest absolute Gasteiger partial charge is 0.243 e. The van der Waals surface area contributed by atoms with Gasteiger partial charge >= 0.3 is 0 Å². The second kappa shape index (κ2) is 7.52. The number of anilines is 1.